The van der Waals surface area contributed by atoms with E-state index in [2.05, 4.69) is 5.32 Å². The Labute approximate surface area is 140 Å². The van der Waals surface area contributed by atoms with Crippen molar-refractivity contribution in [3.05, 3.63) is 0 Å². The van der Waals surface area contributed by atoms with Gasteiger partial charge in [0.1, 0.15) is 0 Å². The third-order valence-corrected chi connectivity index (χ3v) is 3.66. The Morgan fingerprint density at radius 2 is 1.52 bits per heavy atom. The second kappa shape index (κ2) is 17.7. The van der Waals surface area contributed by atoms with E-state index in [1.54, 1.807) is 0 Å². The first-order chi connectivity index (χ1) is 11.2. The molecule has 0 aromatic rings. The highest BCUT2D eigenvalue weighted by Crippen LogP contribution is 2.10. The predicted molar refractivity (Wildman–Crippen MR) is 90.6 cm³/mol. The first-order valence-corrected chi connectivity index (χ1v) is 8.96. The van der Waals surface area contributed by atoms with Crippen molar-refractivity contribution in [3.8, 4) is 0 Å². The molecule has 1 unspecified atom stereocenters. The summed E-state index contributed by atoms with van der Waals surface area (Å²) in [4.78, 5) is 10.3. The molecule has 1 atom stereocenters. The minimum absolute atomic E-state index is 0.0793. The van der Waals surface area contributed by atoms with Crippen LogP contribution < -0.4 is 5.32 Å². The molecular formula is C17H35NO5. The third-order valence-electron chi connectivity index (χ3n) is 3.66. The Morgan fingerprint density at radius 3 is 2.09 bits per heavy atom. The summed E-state index contributed by atoms with van der Waals surface area (Å²) < 4.78 is 5.42. The monoisotopic (exact) mass is 333 g/mol. The van der Waals surface area contributed by atoms with Crippen molar-refractivity contribution < 1.29 is 24.9 Å². The van der Waals surface area contributed by atoms with Gasteiger partial charge in [-0.1, -0.05) is 44.9 Å². The van der Waals surface area contributed by atoms with E-state index < -0.39 is 12.1 Å². The number of hydrogen-bond donors (Lipinski definition) is 4. The van der Waals surface area contributed by atoms with Crippen LogP contribution in [0, 0.1) is 0 Å². The fraction of sp³-hybridized carbons (Fsp3) is 0.941. The smallest absolute Gasteiger partial charge is 0.303 e. The lowest BCUT2D eigenvalue weighted by atomic mass is 10.1. The molecule has 0 rings (SSSR count). The molecule has 23 heavy (non-hydrogen) atoms. The molecule has 0 aromatic heterocycles. The second-order valence-electron chi connectivity index (χ2n) is 5.98. The van der Waals surface area contributed by atoms with Crippen molar-refractivity contribution in [1.29, 1.82) is 0 Å². The highest BCUT2D eigenvalue weighted by atomic mass is 16.5. The number of rotatable bonds is 18. The van der Waals surface area contributed by atoms with E-state index in [0.29, 0.717) is 32.7 Å². The summed E-state index contributed by atoms with van der Waals surface area (Å²) in [6.45, 7) is 2.06. The van der Waals surface area contributed by atoms with Crippen LogP contribution in [-0.4, -0.2) is 60.3 Å². The molecule has 0 aliphatic rings. The summed E-state index contributed by atoms with van der Waals surface area (Å²) in [6.07, 6.45) is 9.78. The van der Waals surface area contributed by atoms with Gasteiger partial charge < -0.3 is 25.4 Å². The zero-order valence-electron chi connectivity index (χ0n) is 14.3. The number of carboxylic acids is 1. The highest BCUT2D eigenvalue weighted by Gasteiger charge is 2.03. The van der Waals surface area contributed by atoms with Crippen molar-refractivity contribution in [2.24, 2.45) is 0 Å². The molecule has 0 saturated heterocycles. The van der Waals surface area contributed by atoms with Crippen LogP contribution in [0.25, 0.3) is 0 Å². The topological polar surface area (TPSA) is 99.0 Å². The third kappa shape index (κ3) is 19.3. The molecule has 6 heteroatoms. The van der Waals surface area contributed by atoms with Gasteiger partial charge in [0, 0.05) is 26.1 Å². The number of aliphatic hydroxyl groups is 2. The minimum atomic E-state index is -0.693. The number of aliphatic carboxylic acids is 1. The van der Waals surface area contributed by atoms with E-state index in [4.69, 9.17) is 14.9 Å². The number of hydrogen-bond acceptors (Lipinski definition) is 5. The van der Waals surface area contributed by atoms with Crippen LogP contribution in [0.15, 0.2) is 0 Å². The Balaban J connectivity index is 3.09. The van der Waals surface area contributed by atoms with E-state index in [-0.39, 0.29) is 6.61 Å². The van der Waals surface area contributed by atoms with Crippen molar-refractivity contribution in [2.75, 3.05) is 32.9 Å². The van der Waals surface area contributed by atoms with Gasteiger partial charge in [-0.05, 0) is 12.8 Å². The molecule has 0 aromatic carbocycles. The minimum Gasteiger partial charge on any atom is -0.481 e. The maximum absolute atomic E-state index is 10.3. The number of unbranched alkanes of at least 4 members (excludes halogenated alkanes) is 8. The molecule has 0 amide bonds. The number of aliphatic hydroxyl groups excluding tert-OH is 2. The Hall–Kier alpha value is -0.690. The molecule has 0 bridgehead atoms. The van der Waals surface area contributed by atoms with Crippen LogP contribution in [0.3, 0.4) is 0 Å². The van der Waals surface area contributed by atoms with Crippen LogP contribution in [0.4, 0.5) is 0 Å². The van der Waals surface area contributed by atoms with Gasteiger partial charge in [-0.15, -0.1) is 0 Å². The predicted octanol–water partition coefficient (Wildman–Crippen LogP) is 1.93. The van der Waals surface area contributed by atoms with Crippen molar-refractivity contribution in [2.45, 2.75) is 70.3 Å². The second-order valence-corrected chi connectivity index (χ2v) is 5.98. The van der Waals surface area contributed by atoms with E-state index in [9.17, 15) is 9.90 Å². The molecule has 0 heterocycles. The lowest BCUT2D eigenvalue weighted by Gasteiger charge is -2.11. The van der Waals surface area contributed by atoms with Gasteiger partial charge in [0.25, 0.3) is 0 Å². The summed E-state index contributed by atoms with van der Waals surface area (Å²) >= 11 is 0. The summed E-state index contributed by atoms with van der Waals surface area (Å²) in [7, 11) is 0. The molecule has 6 nitrogen and oxygen atoms in total. The summed E-state index contributed by atoms with van der Waals surface area (Å²) in [5, 5.41) is 29.6. The fourth-order valence-corrected chi connectivity index (χ4v) is 2.34. The maximum Gasteiger partial charge on any atom is 0.303 e. The van der Waals surface area contributed by atoms with E-state index in [0.717, 1.165) is 32.1 Å². The number of carboxylic acid groups (broad SMARTS) is 1. The number of ether oxygens (including phenoxy) is 1. The fourth-order valence-electron chi connectivity index (χ4n) is 2.34. The summed E-state index contributed by atoms with van der Waals surface area (Å²) in [5.41, 5.74) is 0. The zero-order chi connectivity index (χ0) is 17.2. The van der Waals surface area contributed by atoms with Crippen molar-refractivity contribution >= 4 is 5.97 Å². The van der Waals surface area contributed by atoms with Crippen LogP contribution >= 0.6 is 0 Å². The van der Waals surface area contributed by atoms with E-state index >= 15 is 0 Å². The van der Waals surface area contributed by atoms with Gasteiger partial charge in [0.2, 0.25) is 0 Å². The molecule has 0 saturated carbocycles. The quantitative estimate of drug-likeness (QED) is 0.286. The number of nitrogens with one attached hydrogen (secondary N) is 1. The molecule has 0 spiro atoms. The van der Waals surface area contributed by atoms with Gasteiger partial charge in [-0.2, -0.15) is 0 Å². The Bertz CT molecular complexity index is 263. The van der Waals surface area contributed by atoms with Crippen LogP contribution in [0.2, 0.25) is 0 Å². The van der Waals surface area contributed by atoms with Gasteiger partial charge in [0.15, 0.2) is 0 Å². The summed E-state index contributed by atoms with van der Waals surface area (Å²) in [6, 6.07) is 0. The average molecular weight is 333 g/mol. The first-order valence-electron chi connectivity index (χ1n) is 8.96. The lowest BCUT2D eigenvalue weighted by Crippen LogP contribution is -2.32. The zero-order valence-corrected chi connectivity index (χ0v) is 14.3. The SMILES string of the molecule is O=C(O)CCCCCCCCCCCOCC(O)CNCCO. The van der Waals surface area contributed by atoms with Crippen LogP contribution in [0.1, 0.15) is 64.2 Å². The summed E-state index contributed by atoms with van der Waals surface area (Å²) in [5.74, 6) is -0.693. The molecule has 0 radical (unpaired) electrons. The maximum atomic E-state index is 10.3. The van der Waals surface area contributed by atoms with Crippen LogP contribution in [-0.2, 0) is 9.53 Å². The highest BCUT2D eigenvalue weighted by molar-refractivity contribution is 5.66. The normalized spacial score (nSPS) is 12.4. The van der Waals surface area contributed by atoms with Gasteiger partial charge in [-0.25, -0.2) is 0 Å². The van der Waals surface area contributed by atoms with E-state index in [1.165, 1.54) is 25.7 Å². The molecular weight excluding hydrogens is 298 g/mol. The number of carbonyl (C=O) groups is 1. The van der Waals surface area contributed by atoms with Crippen LogP contribution in [0.5, 0.6) is 0 Å². The van der Waals surface area contributed by atoms with E-state index in [1.807, 2.05) is 0 Å². The molecule has 4 N–H and O–H groups in total. The molecule has 138 valence electrons. The van der Waals surface area contributed by atoms with Gasteiger partial charge in [0.05, 0.1) is 19.3 Å². The Kier molecular flexibility index (Phi) is 17.1. The van der Waals surface area contributed by atoms with Crippen molar-refractivity contribution in [3.63, 3.8) is 0 Å². The van der Waals surface area contributed by atoms with Crippen molar-refractivity contribution in [1.82, 2.24) is 5.32 Å². The first kappa shape index (κ1) is 22.3. The van der Waals surface area contributed by atoms with Gasteiger partial charge in [-0.3, -0.25) is 4.79 Å². The molecule has 0 aliphatic carbocycles. The standard InChI is InChI=1S/C17H35NO5/c19-12-11-18-14-16(20)15-23-13-9-7-5-3-1-2-4-6-8-10-17(21)22/h16,18-20H,1-15H2,(H,21,22). The van der Waals surface area contributed by atoms with Gasteiger partial charge >= 0.3 is 5.97 Å². The average Bonchev–Trinajstić information content (AvgIpc) is 2.51. The molecule has 0 fully saturated rings. The molecule has 0 aliphatic heterocycles. The lowest BCUT2D eigenvalue weighted by molar-refractivity contribution is -0.137. The largest absolute Gasteiger partial charge is 0.481 e. The Morgan fingerprint density at radius 1 is 0.957 bits per heavy atom.